The van der Waals surface area contributed by atoms with Crippen molar-refractivity contribution < 1.29 is 0 Å². The van der Waals surface area contributed by atoms with Gasteiger partial charge >= 0.3 is 0 Å². The first kappa shape index (κ1) is 4.86. The van der Waals surface area contributed by atoms with Crippen molar-refractivity contribution >= 4 is 36.9 Å². The van der Waals surface area contributed by atoms with E-state index in [1.54, 1.807) is 0 Å². The number of hydrogen-bond donors (Lipinski definition) is 0. The van der Waals surface area contributed by atoms with Gasteiger partial charge in [-0.2, -0.15) is 22.2 Å². The Morgan fingerprint density at radius 1 is 1.50 bits per heavy atom. The molecule has 0 atom stereocenters. The van der Waals surface area contributed by atoms with Crippen molar-refractivity contribution in [1.82, 2.24) is 0 Å². The molecule has 0 unspecified atom stereocenters. The molecular weight excluding hydrogens is 110 g/mol. The summed E-state index contributed by atoms with van der Waals surface area (Å²) in [7, 11) is 3.09. The van der Waals surface area contributed by atoms with Crippen LogP contribution in [0.3, 0.4) is 0 Å². The fourth-order valence-electron chi connectivity index (χ4n) is 0. The topological polar surface area (TPSA) is 0 Å². The van der Waals surface area contributed by atoms with Crippen LogP contribution in [0.15, 0.2) is 0 Å². The van der Waals surface area contributed by atoms with Crippen molar-refractivity contribution in [2.45, 2.75) is 0 Å². The molecule has 0 aliphatic heterocycles. The predicted octanol–water partition coefficient (Wildman–Crippen LogP) is 0.350. The Bertz CT molecular complexity index is 10.8. The van der Waals surface area contributed by atoms with E-state index in [1.807, 2.05) is 0 Å². The zero-order chi connectivity index (χ0) is 3.58. The lowest BCUT2D eigenvalue weighted by Crippen LogP contribution is -1.85. The summed E-state index contributed by atoms with van der Waals surface area (Å²) >= 11 is 9.91. The molecule has 0 aromatic heterocycles. The molecule has 4 heteroatoms. The summed E-state index contributed by atoms with van der Waals surface area (Å²) in [6.07, 6.45) is 0. The highest BCUT2D eigenvalue weighted by Gasteiger charge is 1.80. The van der Waals surface area contributed by atoms with Crippen LogP contribution < -0.4 is 0 Å². The molecule has 0 fully saturated rings. The summed E-state index contributed by atoms with van der Waals surface area (Å²) in [5, 5.41) is 0. The van der Waals surface area contributed by atoms with Gasteiger partial charge in [0.15, 0.2) is 7.29 Å². The first-order valence-corrected chi connectivity index (χ1v) is 4.93. The van der Waals surface area contributed by atoms with Crippen LogP contribution >= 0.6 is 22.2 Å². The van der Waals surface area contributed by atoms with Crippen LogP contribution in [-0.2, 0) is 0 Å². The standard InChI is InChI=1S/BCl2HSi/c1-4(2)3/h4H. The number of rotatable bonds is 0. The average Bonchev–Trinajstić information content (AvgIpc) is 0.811. The van der Waals surface area contributed by atoms with Crippen molar-refractivity contribution in [2.75, 3.05) is 0 Å². The summed E-state index contributed by atoms with van der Waals surface area (Å²) < 4.78 is 0. The summed E-state index contributed by atoms with van der Waals surface area (Å²) in [4.78, 5) is 0. The summed E-state index contributed by atoms with van der Waals surface area (Å²) in [5.74, 6) is 0. The van der Waals surface area contributed by atoms with Crippen LogP contribution in [0.1, 0.15) is 0 Å². The quantitative estimate of drug-likeness (QED) is 0.312. The fraction of sp³-hybridized carbons (Fsp3) is 0. The van der Waals surface area contributed by atoms with Gasteiger partial charge in [0.2, 0.25) is 0 Å². The van der Waals surface area contributed by atoms with E-state index in [0.29, 0.717) is 0 Å². The van der Waals surface area contributed by atoms with E-state index in [-0.39, 0.29) is 0 Å². The van der Waals surface area contributed by atoms with Crippen molar-refractivity contribution in [3.63, 3.8) is 0 Å². The summed E-state index contributed by atoms with van der Waals surface area (Å²) in [6, 6.07) is 0. The van der Waals surface area contributed by atoms with Gasteiger partial charge in [-0.1, -0.05) is 0 Å². The number of hydrogen-bond acceptors (Lipinski definition) is 0. The second kappa shape index (κ2) is 2.12. The molecule has 0 amide bonds. The van der Waals surface area contributed by atoms with Gasteiger partial charge in [-0.15, -0.1) is 0 Å². The van der Waals surface area contributed by atoms with Crippen LogP contribution in [0.25, 0.3) is 0 Å². The summed E-state index contributed by atoms with van der Waals surface area (Å²) in [5.41, 5.74) is 0. The molecule has 0 saturated heterocycles. The zero-order valence-electron chi connectivity index (χ0n) is 1.91. The molecule has 0 heterocycles. The molecule has 2 radical (unpaired) electrons. The average molecular weight is 111 g/mol. The SMILES string of the molecule is [B][SiH](Cl)Cl. The molecule has 0 rings (SSSR count). The Kier molecular flexibility index (Phi) is 2.58. The smallest absolute Gasteiger partial charge is 0.161 e. The zero-order valence-corrected chi connectivity index (χ0v) is 4.58. The van der Waals surface area contributed by atoms with Crippen molar-refractivity contribution in [1.29, 1.82) is 0 Å². The van der Waals surface area contributed by atoms with E-state index in [4.69, 9.17) is 29.6 Å². The van der Waals surface area contributed by atoms with E-state index in [2.05, 4.69) is 0 Å². The largest absolute Gasteiger partial charge is 0.188 e. The van der Waals surface area contributed by atoms with E-state index in [1.165, 1.54) is 0 Å². The molecule has 0 aromatic carbocycles. The van der Waals surface area contributed by atoms with Crippen LogP contribution in [0.5, 0.6) is 0 Å². The van der Waals surface area contributed by atoms with Crippen LogP contribution in [0, 0.1) is 0 Å². The predicted molar refractivity (Wildman–Crippen MR) is 24.6 cm³/mol. The number of halogens is 2. The van der Waals surface area contributed by atoms with E-state index >= 15 is 0 Å². The Balaban J connectivity index is 2.32. The molecule has 4 heavy (non-hydrogen) atoms. The van der Waals surface area contributed by atoms with Gasteiger partial charge < -0.3 is 0 Å². The maximum Gasteiger partial charge on any atom is 0.188 e. The summed E-state index contributed by atoms with van der Waals surface area (Å²) in [6.45, 7) is 0. The minimum absolute atomic E-state index is 1.69. The van der Waals surface area contributed by atoms with Gasteiger partial charge in [0.1, 0.15) is 0 Å². The molecule has 0 aromatic rings. The Hall–Kier alpha value is 0.862. The fourth-order valence-corrected chi connectivity index (χ4v) is 0. The van der Waals surface area contributed by atoms with Gasteiger partial charge in [0, 0.05) is 0 Å². The molecular formula is HBCl2Si. The lowest BCUT2D eigenvalue weighted by atomic mass is 10.8. The molecule has 0 N–H and O–H groups in total. The molecule has 0 spiro atoms. The highest BCUT2D eigenvalue weighted by atomic mass is 35.7. The monoisotopic (exact) mass is 110 g/mol. The van der Waals surface area contributed by atoms with Crippen LogP contribution in [-0.4, -0.2) is 14.7 Å². The third-order valence-corrected chi connectivity index (χ3v) is 0. The maximum absolute atomic E-state index is 4.96. The van der Waals surface area contributed by atoms with Crippen molar-refractivity contribution in [2.24, 2.45) is 0 Å². The van der Waals surface area contributed by atoms with Crippen molar-refractivity contribution in [3.8, 4) is 0 Å². The molecule has 22 valence electrons. The van der Waals surface area contributed by atoms with Crippen LogP contribution in [0.2, 0.25) is 0 Å². The Morgan fingerprint density at radius 2 is 1.50 bits per heavy atom. The molecule has 0 aliphatic carbocycles. The third-order valence-electron chi connectivity index (χ3n) is 0. The first-order valence-electron chi connectivity index (χ1n) is 0.770. The Morgan fingerprint density at radius 3 is 1.50 bits per heavy atom. The van der Waals surface area contributed by atoms with E-state index < -0.39 is 7.29 Å². The first-order chi connectivity index (χ1) is 1.73. The Labute approximate surface area is 37.5 Å². The van der Waals surface area contributed by atoms with Gasteiger partial charge in [0.05, 0.1) is 7.44 Å². The highest BCUT2D eigenvalue weighted by molar-refractivity contribution is 7.52. The van der Waals surface area contributed by atoms with Gasteiger partial charge in [-0.25, -0.2) is 0 Å². The minimum Gasteiger partial charge on any atom is -0.161 e. The van der Waals surface area contributed by atoms with E-state index in [0.717, 1.165) is 0 Å². The van der Waals surface area contributed by atoms with E-state index in [9.17, 15) is 0 Å². The lowest BCUT2D eigenvalue weighted by molar-refractivity contribution is 4.05. The maximum atomic E-state index is 4.96. The normalized spacial score (nSPS) is 8.75. The van der Waals surface area contributed by atoms with Gasteiger partial charge in [-0.05, 0) is 0 Å². The second-order valence-electron chi connectivity index (χ2n) is 0.334. The van der Waals surface area contributed by atoms with Crippen molar-refractivity contribution in [3.05, 3.63) is 0 Å². The third kappa shape index (κ3) is 13.4. The van der Waals surface area contributed by atoms with Gasteiger partial charge in [-0.3, -0.25) is 0 Å². The molecule has 0 saturated carbocycles. The second-order valence-corrected chi connectivity index (χ2v) is 4.49. The minimum atomic E-state index is -1.69. The van der Waals surface area contributed by atoms with Crippen LogP contribution in [0.4, 0.5) is 0 Å². The molecule has 0 nitrogen and oxygen atoms in total. The lowest BCUT2D eigenvalue weighted by Gasteiger charge is -1.68. The molecule has 0 bridgehead atoms. The van der Waals surface area contributed by atoms with Gasteiger partial charge in [0.25, 0.3) is 0 Å². The molecule has 0 aliphatic rings. The highest BCUT2D eigenvalue weighted by Crippen LogP contribution is 1.83.